The number of benzene rings is 3. The molecule has 0 bridgehead atoms. The number of fused-ring (bicyclic) bond motifs is 2. The number of hydrogen-bond donors (Lipinski definition) is 1. The van der Waals surface area contributed by atoms with Gasteiger partial charge in [-0.15, -0.1) is 0 Å². The number of nitrogens with zero attached hydrogens (tertiary/aromatic N) is 1. The molecule has 29 heavy (non-hydrogen) atoms. The van der Waals surface area contributed by atoms with Gasteiger partial charge < -0.3 is 4.98 Å². The van der Waals surface area contributed by atoms with Crippen LogP contribution in [0.5, 0.6) is 0 Å². The molecule has 0 radical (unpaired) electrons. The van der Waals surface area contributed by atoms with E-state index in [2.05, 4.69) is 41.4 Å². The fraction of sp³-hybridized carbons (Fsp3) is 0.208. The molecule has 4 nitrogen and oxygen atoms in total. The summed E-state index contributed by atoms with van der Waals surface area (Å²) in [5.74, 6) is 0.0600. The molecule has 0 saturated heterocycles. The Bertz CT molecular complexity index is 1330. The Kier molecular flexibility index (Phi) is 5.12. The van der Waals surface area contributed by atoms with E-state index in [1.54, 1.807) is 0 Å². The summed E-state index contributed by atoms with van der Waals surface area (Å²) >= 11 is 0. The van der Waals surface area contributed by atoms with Crippen LogP contribution < -0.4 is 0 Å². The van der Waals surface area contributed by atoms with Crippen LogP contribution in [0.25, 0.3) is 21.7 Å². The molecular weight excluding hydrogens is 380 g/mol. The van der Waals surface area contributed by atoms with Crippen LogP contribution in [0.4, 0.5) is 0 Å². The molecule has 4 aromatic rings. The molecule has 0 aliphatic heterocycles. The monoisotopic (exact) mass is 402 g/mol. The maximum atomic E-state index is 11.8. The number of sulfone groups is 1. The SMILES string of the molecule is CS(=O)(=O)Cc1cccc2c(C(CCC#N)c3ccc4ccccc4c3)c[nH]c12. The molecular formula is C24H22N2O2S. The molecule has 0 amide bonds. The molecule has 146 valence electrons. The highest BCUT2D eigenvalue weighted by Gasteiger charge is 2.20. The maximum Gasteiger partial charge on any atom is 0.151 e. The van der Waals surface area contributed by atoms with Gasteiger partial charge in [-0.25, -0.2) is 8.42 Å². The first-order valence-electron chi connectivity index (χ1n) is 9.58. The van der Waals surface area contributed by atoms with Crippen LogP contribution in [-0.4, -0.2) is 19.7 Å². The van der Waals surface area contributed by atoms with E-state index in [4.69, 9.17) is 0 Å². The zero-order valence-corrected chi connectivity index (χ0v) is 17.0. The lowest BCUT2D eigenvalue weighted by Crippen LogP contribution is -2.02. The van der Waals surface area contributed by atoms with Crippen molar-refractivity contribution in [3.8, 4) is 6.07 Å². The minimum atomic E-state index is -3.13. The van der Waals surface area contributed by atoms with Crippen LogP contribution >= 0.6 is 0 Å². The van der Waals surface area contributed by atoms with Crippen LogP contribution in [0.2, 0.25) is 0 Å². The van der Waals surface area contributed by atoms with Crippen molar-refractivity contribution in [3.05, 3.63) is 83.6 Å². The second-order valence-corrected chi connectivity index (χ2v) is 9.65. The third-order valence-electron chi connectivity index (χ3n) is 5.35. The maximum absolute atomic E-state index is 11.8. The molecule has 1 unspecified atom stereocenters. The topological polar surface area (TPSA) is 73.7 Å². The molecule has 0 aliphatic carbocycles. The van der Waals surface area contributed by atoms with E-state index >= 15 is 0 Å². The zero-order chi connectivity index (χ0) is 20.4. The fourth-order valence-corrected chi connectivity index (χ4v) is 4.87. The van der Waals surface area contributed by atoms with Gasteiger partial charge in [0.25, 0.3) is 0 Å². The lowest BCUT2D eigenvalue weighted by molar-refractivity contribution is 0.601. The molecule has 3 aromatic carbocycles. The molecule has 1 aromatic heterocycles. The summed E-state index contributed by atoms with van der Waals surface area (Å²) in [4.78, 5) is 3.30. The van der Waals surface area contributed by atoms with Gasteiger partial charge in [-0.3, -0.25) is 0 Å². The highest BCUT2D eigenvalue weighted by molar-refractivity contribution is 7.89. The van der Waals surface area contributed by atoms with E-state index in [9.17, 15) is 13.7 Å². The molecule has 0 saturated carbocycles. The summed E-state index contributed by atoms with van der Waals surface area (Å²) in [7, 11) is -3.13. The van der Waals surface area contributed by atoms with E-state index < -0.39 is 9.84 Å². The Morgan fingerprint density at radius 2 is 1.83 bits per heavy atom. The number of rotatable bonds is 6. The van der Waals surface area contributed by atoms with E-state index in [0.717, 1.165) is 27.6 Å². The van der Waals surface area contributed by atoms with Crippen molar-refractivity contribution in [2.24, 2.45) is 0 Å². The third kappa shape index (κ3) is 4.03. The molecule has 4 rings (SSSR count). The second-order valence-electron chi connectivity index (χ2n) is 7.51. The second kappa shape index (κ2) is 7.73. The molecule has 0 fully saturated rings. The lowest BCUT2D eigenvalue weighted by atomic mass is 9.86. The summed E-state index contributed by atoms with van der Waals surface area (Å²) < 4.78 is 23.6. The molecule has 5 heteroatoms. The van der Waals surface area contributed by atoms with Gasteiger partial charge in [0.2, 0.25) is 0 Å². The molecule has 0 spiro atoms. The summed E-state index contributed by atoms with van der Waals surface area (Å²) in [6.45, 7) is 0. The van der Waals surface area contributed by atoms with Gasteiger partial charge in [0, 0.05) is 35.7 Å². The zero-order valence-electron chi connectivity index (χ0n) is 16.2. The number of aromatic amines is 1. The summed E-state index contributed by atoms with van der Waals surface area (Å²) in [6.07, 6.45) is 4.37. The Balaban J connectivity index is 1.84. The van der Waals surface area contributed by atoms with Gasteiger partial charge in [0.1, 0.15) is 0 Å². The lowest BCUT2D eigenvalue weighted by Gasteiger charge is -2.17. The van der Waals surface area contributed by atoms with Crippen molar-refractivity contribution in [2.45, 2.75) is 24.5 Å². The first-order chi connectivity index (χ1) is 14.0. The van der Waals surface area contributed by atoms with Gasteiger partial charge in [0.15, 0.2) is 9.84 Å². The molecule has 1 atom stereocenters. The van der Waals surface area contributed by atoms with Crippen LogP contribution in [0.1, 0.15) is 35.4 Å². The average molecular weight is 403 g/mol. The highest BCUT2D eigenvalue weighted by Crippen LogP contribution is 2.36. The van der Waals surface area contributed by atoms with Gasteiger partial charge in [-0.1, -0.05) is 60.7 Å². The largest absolute Gasteiger partial charge is 0.361 e. The van der Waals surface area contributed by atoms with Gasteiger partial charge >= 0.3 is 0 Å². The predicted molar refractivity (Wildman–Crippen MR) is 117 cm³/mol. The van der Waals surface area contributed by atoms with E-state index in [0.29, 0.717) is 12.8 Å². The van der Waals surface area contributed by atoms with Gasteiger partial charge in [0.05, 0.1) is 11.8 Å². The number of H-pyrrole nitrogens is 1. The summed E-state index contributed by atoms with van der Waals surface area (Å²) in [5, 5.41) is 12.6. The van der Waals surface area contributed by atoms with Crippen LogP contribution in [0, 0.1) is 11.3 Å². The number of para-hydroxylation sites is 1. The molecule has 0 aliphatic rings. The van der Waals surface area contributed by atoms with Gasteiger partial charge in [-0.05, 0) is 33.9 Å². The normalized spacial score (nSPS) is 12.8. The van der Waals surface area contributed by atoms with Crippen molar-refractivity contribution < 1.29 is 8.42 Å². The molecule has 1 heterocycles. The van der Waals surface area contributed by atoms with Crippen molar-refractivity contribution >= 4 is 31.5 Å². The van der Waals surface area contributed by atoms with E-state index in [1.165, 1.54) is 17.0 Å². The van der Waals surface area contributed by atoms with Crippen LogP contribution in [0.3, 0.4) is 0 Å². The average Bonchev–Trinajstić information content (AvgIpc) is 3.12. The van der Waals surface area contributed by atoms with Crippen molar-refractivity contribution in [1.29, 1.82) is 5.26 Å². The first-order valence-corrected chi connectivity index (χ1v) is 11.6. The Morgan fingerprint density at radius 3 is 2.59 bits per heavy atom. The fourth-order valence-electron chi connectivity index (χ4n) is 4.07. The van der Waals surface area contributed by atoms with Crippen LogP contribution in [-0.2, 0) is 15.6 Å². The predicted octanol–water partition coefficient (Wildman–Crippen LogP) is 5.30. The standard InChI is InChI=1S/C24H22N2O2S/c1-29(27,28)16-20-8-4-9-22-23(15-26-24(20)22)21(10-5-13-25)19-12-11-17-6-2-3-7-18(17)14-19/h2-4,6-9,11-12,14-15,21,26H,5,10,16H2,1H3. The Hall–Kier alpha value is -3.10. The summed E-state index contributed by atoms with van der Waals surface area (Å²) in [5.41, 5.74) is 3.89. The number of nitriles is 1. The van der Waals surface area contributed by atoms with Crippen molar-refractivity contribution in [2.75, 3.05) is 6.26 Å². The van der Waals surface area contributed by atoms with E-state index in [1.807, 2.05) is 36.5 Å². The smallest absolute Gasteiger partial charge is 0.151 e. The first kappa shape index (κ1) is 19.2. The number of aromatic nitrogens is 1. The minimum Gasteiger partial charge on any atom is -0.361 e. The van der Waals surface area contributed by atoms with E-state index in [-0.39, 0.29) is 11.7 Å². The minimum absolute atomic E-state index is 0.00311. The third-order valence-corrected chi connectivity index (χ3v) is 6.18. The highest BCUT2D eigenvalue weighted by atomic mass is 32.2. The number of hydrogen-bond acceptors (Lipinski definition) is 3. The Labute approximate surface area is 170 Å². The van der Waals surface area contributed by atoms with Crippen LogP contribution in [0.15, 0.2) is 66.9 Å². The Morgan fingerprint density at radius 1 is 1.03 bits per heavy atom. The quantitative estimate of drug-likeness (QED) is 0.475. The summed E-state index contributed by atoms with van der Waals surface area (Å²) in [6, 6.07) is 22.7. The molecule has 1 N–H and O–H groups in total. The van der Waals surface area contributed by atoms with Gasteiger partial charge in [-0.2, -0.15) is 5.26 Å². The van der Waals surface area contributed by atoms with Crippen molar-refractivity contribution in [3.63, 3.8) is 0 Å². The van der Waals surface area contributed by atoms with Crippen molar-refractivity contribution in [1.82, 2.24) is 4.98 Å². The number of nitrogens with one attached hydrogen (secondary N) is 1.